The van der Waals surface area contributed by atoms with Crippen LogP contribution in [0.15, 0.2) is 72.2 Å². The third kappa shape index (κ3) is 4.98. The molecule has 198 valence electrons. The second kappa shape index (κ2) is 10.7. The fourth-order valence-electron chi connectivity index (χ4n) is 4.97. The van der Waals surface area contributed by atoms with Crippen LogP contribution in [-0.2, 0) is 6.54 Å². The molecule has 1 fully saturated rings. The van der Waals surface area contributed by atoms with Gasteiger partial charge >= 0.3 is 0 Å². The molecule has 0 bridgehead atoms. The maximum atomic E-state index is 13.6. The van der Waals surface area contributed by atoms with Crippen molar-refractivity contribution >= 4 is 22.7 Å². The van der Waals surface area contributed by atoms with E-state index in [1.165, 1.54) is 0 Å². The first-order valence-corrected chi connectivity index (χ1v) is 13.2. The summed E-state index contributed by atoms with van der Waals surface area (Å²) in [6.07, 6.45) is 9.33. The third-order valence-corrected chi connectivity index (χ3v) is 6.99. The van der Waals surface area contributed by atoms with Crippen molar-refractivity contribution < 1.29 is 4.74 Å². The van der Waals surface area contributed by atoms with Crippen molar-refractivity contribution in [2.24, 2.45) is 0 Å². The molecule has 1 atom stereocenters. The van der Waals surface area contributed by atoms with Crippen molar-refractivity contribution in [1.29, 1.82) is 0 Å². The SMILES string of the molecule is CCn1c(=O)c(-c2ncn(-c3cccnc3)c2C)cc2cnc(Nc3ccc(OC4CCCNC4)cc3)nc21. The maximum Gasteiger partial charge on any atom is 0.261 e. The first-order chi connectivity index (χ1) is 19.1. The van der Waals surface area contributed by atoms with Crippen molar-refractivity contribution in [3.8, 4) is 22.7 Å². The minimum Gasteiger partial charge on any atom is -0.489 e. The Bertz CT molecular complexity index is 1660. The summed E-state index contributed by atoms with van der Waals surface area (Å²) >= 11 is 0. The first-order valence-electron chi connectivity index (χ1n) is 13.2. The van der Waals surface area contributed by atoms with E-state index in [0.717, 1.165) is 54.1 Å². The Morgan fingerprint density at radius 3 is 2.77 bits per heavy atom. The van der Waals surface area contributed by atoms with Gasteiger partial charge in [-0.2, -0.15) is 4.98 Å². The van der Waals surface area contributed by atoms with E-state index in [1.54, 1.807) is 29.5 Å². The van der Waals surface area contributed by atoms with E-state index in [4.69, 9.17) is 9.72 Å². The molecule has 10 heteroatoms. The number of pyridine rings is 2. The molecule has 10 nitrogen and oxygen atoms in total. The summed E-state index contributed by atoms with van der Waals surface area (Å²) < 4.78 is 9.66. The summed E-state index contributed by atoms with van der Waals surface area (Å²) in [5.74, 6) is 1.25. The highest BCUT2D eigenvalue weighted by molar-refractivity contribution is 5.81. The summed E-state index contributed by atoms with van der Waals surface area (Å²) in [7, 11) is 0. The number of anilines is 2. The van der Waals surface area contributed by atoms with E-state index >= 15 is 0 Å². The molecule has 1 unspecified atom stereocenters. The Labute approximate surface area is 225 Å². The molecule has 1 aliphatic rings. The van der Waals surface area contributed by atoms with E-state index in [9.17, 15) is 4.79 Å². The average molecular weight is 523 g/mol. The number of hydrogen-bond acceptors (Lipinski definition) is 8. The molecule has 1 aromatic carbocycles. The highest BCUT2D eigenvalue weighted by atomic mass is 16.5. The van der Waals surface area contributed by atoms with Gasteiger partial charge in [-0.3, -0.25) is 14.3 Å². The zero-order valence-corrected chi connectivity index (χ0v) is 22.0. The zero-order chi connectivity index (χ0) is 26.8. The predicted molar refractivity (Wildman–Crippen MR) is 151 cm³/mol. The maximum absolute atomic E-state index is 13.6. The van der Waals surface area contributed by atoms with Crippen LogP contribution in [0.2, 0.25) is 0 Å². The lowest BCUT2D eigenvalue weighted by Gasteiger charge is -2.24. The van der Waals surface area contributed by atoms with E-state index < -0.39 is 0 Å². The summed E-state index contributed by atoms with van der Waals surface area (Å²) in [6.45, 7) is 6.27. The van der Waals surface area contributed by atoms with Gasteiger partial charge in [-0.05, 0) is 75.7 Å². The lowest BCUT2D eigenvalue weighted by molar-refractivity contribution is 0.167. The normalized spacial score (nSPS) is 15.4. The van der Waals surface area contributed by atoms with Gasteiger partial charge in [0.05, 0.1) is 23.1 Å². The molecule has 6 rings (SSSR count). The van der Waals surface area contributed by atoms with Crippen LogP contribution >= 0.6 is 0 Å². The average Bonchev–Trinajstić information content (AvgIpc) is 3.35. The number of benzene rings is 1. The molecule has 0 aliphatic carbocycles. The van der Waals surface area contributed by atoms with E-state index in [1.807, 2.05) is 60.9 Å². The van der Waals surface area contributed by atoms with Crippen LogP contribution in [0.5, 0.6) is 5.75 Å². The highest BCUT2D eigenvalue weighted by Crippen LogP contribution is 2.25. The van der Waals surface area contributed by atoms with Crippen LogP contribution < -0.4 is 20.9 Å². The van der Waals surface area contributed by atoms with Gasteiger partial charge in [0.2, 0.25) is 5.95 Å². The lowest BCUT2D eigenvalue weighted by Crippen LogP contribution is -2.37. The Kier molecular flexibility index (Phi) is 6.76. The van der Waals surface area contributed by atoms with Crippen molar-refractivity contribution in [2.75, 3.05) is 18.4 Å². The molecule has 0 radical (unpaired) electrons. The van der Waals surface area contributed by atoms with Crippen LogP contribution in [0.3, 0.4) is 0 Å². The summed E-state index contributed by atoms with van der Waals surface area (Å²) in [5, 5.41) is 7.37. The highest BCUT2D eigenvalue weighted by Gasteiger charge is 2.18. The van der Waals surface area contributed by atoms with Gasteiger partial charge in [0, 0.05) is 42.3 Å². The molecular weight excluding hydrogens is 492 g/mol. The molecule has 5 aromatic rings. The molecule has 5 heterocycles. The Morgan fingerprint density at radius 1 is 1.15 bits per heavy atom. The Hall–Kier alpha value is -4.57. The lowest BCUT2D eigenvalue weighted by atomic mass is 10.1. The number of piperidine rings is 1. The topological polar surface area (TPSA) is 112 Å². The second-order valence-electron chi connectivity index (χ2n) is 9.58. The van der Waals surface area contributed by atoms with Crippen LogP contribution in [-0.4, -0.2) is 48.3 Å². The van der Waals surface area contributed by atoms with E-state index in [-0.39, 0.29) is 11.7 Å². The van der Waals surface area contributed by atoms with E-state index in [2.05, 4.69) is 25.6 Å². The number of aromatic nitrogens is 6. The molecule has 4 aromatic heterocycles. The van der Waals surface area contributed by atoms with Gasteiger partial charge in [0.15, 0.2) is 0 Å². The van der Waals surface area contributed by atoms with Gasteiger partial charge < -0.3 is 19.9 Å². The number of fused-ring (bicyclic) bond motifs is 1. The van der Waals surface area contributed by atoms with Gasteiger partial charge in [0.1, 0.15) is 23.8 Å². The third-order valence-electron chi connectivity index (χ3n) is 6.99. The summed E-state index contributed by atoms with van der Waals surface area (Å²) in [5.41, 5.74) is 4.13. The number of aryl methyl sites for hydroxylation is 1. The Morgan fingerprint density at radius 2 is 2.03 bits per heavy atom. The monoisotopic (exact) mass is 522 g/mol. The summed E-state index contributed by atoms with van der Waals surface area (Å²) in [4.78, 5) is 31.6. The van der Waals surface area contributed by atoms with Gasteiger partial charge in [-0.15, -0.1) is 0 Å². The van der Waals surface area contributed by atoms with Crippen molar-refractivity contribution in [2.45, 2.75) is 39.3 Å². The molecule has 0 spiro atoms. The fourth-order valence-corrected chi connectivity index (χ4v) is 4.97. The first kappa shape index (κ1) is 24.7. The van der Waals surface area contributed by atoms with Crippen molar-refractivity contribution in [1.82, 2.24) is 34.4 Å². The van der Waals surface area contributed by atoms with Crippen molar-refractivity contribution in [3.05, 3.63) is 83.4 Å². The standard InChI is InChI=1S/C29H30N8O2/c1-3-36-27-20(14-25(28(36)38)26-19(2)37(18-33-26)22-6-4-12-30-16-22)15-32-29(35-27)34-21-8-10-23(11-9-21)39-24-7-5-13-31-17-24/h4,6,8-12,14-16,18,24,31H,3,5,7,13,17H2,1-2H3,(H,32,34,35). The number of ether oxygens (including phenoxy) is 1. The number of nitrogens with zero attached hydrogens (tertiary/aromatic N) is 6. The Balaban J connectivity index is 1.28. The van der Waals surface area contributed by atoms with Crippen LogP contribution in [0, 0.1) is 6.92 Å². The molecule has 0 amide bonds. The zero-order valence-electron chi connectivity index (χ0n) is 22.0. The van der Waals surface area contributed by atoms with Gasteiger partial charge in [-0.1, -0.05) is 0 Å². The number of hydrogen-bond donors (Lipinski definition) is 2. The molecule has 1 aliphatic heterocycles. The number of rotatable bonds is 7. The second-order valence-corrected chi connectivity index (χ2v) is 9.58. The largest absolute Gasteiger partial charge is 0.489 e. The summed E-state index contributed by atoms with van der Waals surface area (Å²) in [6, 6.07) is 13.4. The van der Waals surface area contributed by atoms with Crippen molar-refractivity contribution in [3.63, 3.8) is 0 Å². The number of imidazole rings is 1. The fraction of sp³-hybridized carbons (Fsp3) is 0.276. The molecule has 2 N–H and O–H groups in total. The minimum absolute atomic E-state index is 0.145. The van der Waals surface area contributed by atoms with Gasteiger partial charge in [0.25, 0.3) is 5.56 Å². The predicted octanol–water partition coefficient (Wildman–Crippen LogP) is 4.24. The van der Waals surface area contributed by atoms with Gasteiger partial charge in [-0.25, -0.2) is 9.97 Å². The van der Waals surface area contributed by atoms with Crippen LogP contribution in [0.25, 0.3) is 28.0 Å². The molecule has 1 saturated heterocycles. The number of nitrogens with one attached hydrogen (secondary N) is 2. The minimum atomic E-state index is -0.145. The smallest absolute Gasteiger partial charge is 0.261 e. The molecule has 0 saturated carbocycles. The quantitative estimate of drug-likeness (QED) is 0.326. The van der Waals surface area contributed by atoms with Crippen LogP contribution in [0.1, 0.15) is 25.5 Å². The molecular formula is C29H30N8O2. The van der Waals surface area contributed by atoms with Crippen LogP contribution in [0.4, 0.5) is 11.6 Å². The molecule has 39 heavy (non-hydrogen) atoms. The van der Waals surface area contributed by atoms with E-state index in [0.29, 0.717) is 29.4 Å².